The number of nitrogens with zero attached hydrogens (tertiary/aromatic N) is 2. The van der Waals surface area contributed by atoms with Crippen molar-refractivity contribution in [2.45, 2.75) is 25.7 Å². The van der Waals surface area contributed by atoms with Crippen molar-refractivity contribution in [1.82, 2.24) is 20.4 Å². The number of nitrogens with one attached hydrogen (secondary N) is 2. The highest BCUT2D eigenvalue weighted by Gasteiger charge is 2.18. The van der Waals surface area contributed by atoms with Crippen LogP contribution in [0.5, 0.6) is 0 Å². The molecular formula is C12H18N4S5. The second-order valence-electron chi connectivity index (χ2n) is 4.93. The molecule has 0 saturated carbocycles. The fourth-order valence-electron chi connectivity index (χ4n) is 2.31. The van der Waals surface area contributed by atoms with Crippen molar-refractivity contribution in [3.05, 3.63) is 0 Å². The van der Waals surface area contributed by atoms with Gasteiger partial charge in [0.25, 0.3) is 0 Å². The zero-order chi connectivity index (χ0) is 15.2. The number of likely N-dealkylation sites (tertiary alicyclic amines) is 2. The summed E-state index contributed by atoms with van der Waals surface area (Å²) in [6.07, 6.45) is 4.75. The molecule has 0 aliphatic carbocycles. The van der Waals surface area contributed by atoms with Crippen LogP contribution in [0.25, 0.3) is 0 Å². The molecule has 0 unspecified atom stereocenters. The topological polar surface area (TPSA) is 30.5 Å². The van der Waals surface area contributed by atoms with Crippen molar-refractivity contribution in [3.8, 4) is 0 Å². The zero-order valence-corrected chi connectivity index (χ0v) is 15.7. The van der Waals surface area contributed by atoms with Gasteiger partial charge in [-0.2, -0.15) is 0 Å². The van der Waals surface area contributed by atoms with E-state index >= 15 is 0 Å². The predicted molar refractivity (Wildman–Crippen MR) is 106 cm³/mol. The molecule has 0 amide bonds. The maximum Gasteiger partial charge on any atom is 0.174 e. The molecule has 0 spiro atoms. The van der Waals surface area contributed by atoms with Gasteiger partial charge in [-0.3, -0.25) is 0 Å². The van der Waals surface area contributed by atoms with Gasteiger partial charge in [0.15, 0.2) is 10.2 Å². The highest BCUT2D eigenvalue weighted by molar-refractivity contribution is 8.38. The summed E-state index contributed by atoms with van der Waals surface area (Å²) in [4.78, 5) is 4.26. The average Bonchev–Trinajstić information content (AvgIpc) is 3.12. The van der Waals surface area contributed by atoms with Crippen molar-refractivity contribution in [2.75, 3.05) is 26.2 Å². The molecule has 2 aliphatic heterocycles. The molecule has 9 heteroatoms. The first-order chi connectivity index (χ1) is 10.1. The van der Waals surface area contributed by atoms with E-state index in [1.165, 1.54) is 37.4 Å². The van der Waals surface area contributed by atoms with Gasteiger partial charge in [-0.25, -0.2) is 0 Å². The molecule has 0 radical (unpaired) electrons. The molecule has 4 nitrogen and oxygen atoms in total. The van der Waals surface area contributed by atoms with Gasteiger partial charge in [0.2, 0.25) is 0 Å². The van der Waals surface area contributed by atoms with Crippen LogP contribution >= 0.6 is 60.6 Å². The van der Waals surface area contributed by atoms with Gasteiger partial charge in [0.05, 0.1) is 0 Å². The minimum Gasteiger partial charge on any atom is -0.349 e. The first kappa shape index (κ1) is 17.3. The fourth-order valence-corrected chi connectivity index (χ4v) is 4.45. The maximum atomic E-state index is 5.33. The Balaban J connectivity index is 1.70. The molecule has 0 aromatic rings. The normalized spacial score (nSPS) is 17.7. The van der Waals surface area contributed by atoms with Crippen molar-refractivity contribution >= 4 is 79.5 Å². The first-order valence-corrected chi connectivity index (χ1v) is 9.39. The van der Waals surface area contributed by atoms with Crippen LogP contribution in [-0.2, 0) is 0 Å². The first-order valence-electron chi connectivity index (χ1n) is 6.94. The Kier molecular flexibility index (Phi) is 7.00. The van der Waals surface area contributed by atoms with E-state index in [1.807, 2.05) is 0 Å². The van der Waals surface area contributed by atoms with Gasteiger partial charge >= 0.3 is 0 Å². The molecule has 2 fully saturated rings. The lowest BCUT2D eigenvalue weighted by molar-refractivity contribution is 0.518. The predicted octanol–water partition coefficient (Wildman–Crippen LogP) is 2.23. The summed E-state index contributed by atoms with van der Waals surface area (Å²) in [5, 5.41) is 7.51. The summed E-state index contributed by atoms with van der Waals surface area (Å²) >= 11 is 22.5. The number of thiocarbonyl (C=S) groups is 4. The van der Waals surface area contributed by atoms with E-state index in [0.29, 0.717) is 18.9 Å². The number of rotatable bonds is 0. The Morgan fingerprint density at radius 3 is 1.33 bits per heavy atom. The summed E-state index contributed by atoms with van der Waals surface area (Å²) in [6.45, 7) is 4.00. The van der Waals surface area contributed by atoms with Crippen molar-refractivity contribution in [3.63, 3.8) is 0 Å². The molecule has 2 aliphatic rings. The van der Waals surface area contributed by atoms with Gasteiger partial charge in [0, 0.05) is 26.2 Å². The summed E-state index contributed by atoms with van der Waals surface area (Å²) in [5.41, 5.74) is 0. The number of thioether (sulfide) groups is 1. The van der Waals surface area contributed by atoms with Crippen LogP contribution in [0.3, 0.4) is 0 Å². The molecule has 116 valence electrons. The van der Waals surface area contributed by atoms with Crippen molar-refractivity contribution in [1.29, 1.82) is 0 Å². The Morgan fingerprint density at radius 2 is 1.00 bits per heavy atom. The highest BCUT2D eigenvalue weighted by atomic mass is 32.2. The third kappa shape index (κ3) is 5.55. The highest BCUT2D eigenvalue weighted by Crippen LogP contribution is 2.11. The molecule has 21 heavy (non-hydrogen) atoms. The average molecular weight is 379 g/mol. The largest absolute Gasteiger partial charge is 0.349 e. The van der Waals surface area contributed by atoms with E-state index in [1.54, 1.807) is 0 Å². The Morgan fingerprint density at radius 1 is 0.667 bits per heavy atom. The summed E-state index contributed by atoms with van der Waals surface area (Å²) in [7, 11) is 0. The molecule has 2 heterocycles. The minimum absolute atomic E-state index is 0.564. The van der Waals surface area contributed by atoms with E-state index < -0.39 is 0 Å². The molecular weight excluding hydrogens is 360 g/mol. The van der Waals surface area contributed by atoms with Gasteiger partial charge in [-0.15, -0.1) is 0 Å². The van der Waals surface area contributed by atoms with Crippen molar-refractivity contribution in [2.24, 2.45) is 0 Å². The van der Waals surface area contributed by atoms with Crippen LogP contribution in [0.1, 0.15) is 25.7 Å². The number of hydrogen-bond donors (Lipinski definition) is 2. The molecule has 0 aromatic carbocycles. The van der Waals surface area contributed by atoms with Gasteiger partial charge in [0.1, 0.15) is 8.64 Å². The number of hydrogen-bond acceptors (Lipinski definition) is 5. The Bertz CT molecular complexity index is 401. The van der Waals surface area contributed by atoms with E-state index in [4.69, 9.17) is 48.9 Å². The van der Waals surface area contributed by atoms with E-state index in [9.17, 15) is 0 Å². The van der Waals surface area contributed by atoms with Crippen molar-refractivity contribution < 1.29 is 0 Å². The van der Waals surface area contributed by atoms with E-state index in [-0.39, 0.29) is 0 Å². The summed E-state index contributed by atoms with van der Waals surface area (Å²) in [6, 6.07) is 0. The van der Waals surface area contributed by atoms with Crippen LogP contribution in [0.15, 0.2) is 0 Å². The molecule has 2 rings (SSSR count). The second-order valence-corrected chi connectivity index (χ2v) is 8.05. The third-order valence-corrected chi connectivity index (χ3v) is 5.39. The molecule has 2 saturated heterocycles. The minimum atomic E-state index is 0.564. The maximum absolute atomic E-state index is 5.33. The summed E-state index contributed by atoms with van der Waals surface area (Å²) in [5.74, 6) is 0. The Hall–Kier alpha value is -0.0900. The van der Waals surface area contributed by atoms with Crippen LogP contribution in [0.2, 0.25) is 0 Å². The third-order valence-electron chi connectivity index (χ3n) is 3.39. The lowest BCUT2D eigenvalue weighted by Gasteiger charge is -2.21. The lowest BCUT2D eigenvalue weighted by Crippen LogP contribution is -2.42. The molecule has 2 N–H and O–H groups in total. The standard InChI is InChI=1S/C12H18N4S5/c17-9(15-5-1-2-6-15)13-11(19)21-12(20)14-10(18)16-7-3-4-8-16/h1-8H2,(H,13,17,19)(H,14,18,20). The smallest absolute Gasteiger partial charge is 0.174 e. The fraction of sp³-hybridized carbons (Fsp3) is 0.667. The monoisotopic (exact) mass is 378 g/mol. The van der Waals surface area contributed by atoms with Crippen LogP contribution in [0.4, 0.5) is 0 Å². The quantitative estimate of drug-likeness (QED) is 0.616. The second kappa shape index (κ2) is 8.52. The van der Waals surface area contributed by atoms with E-state index in [0.717, 1.165) is 26.2 Å². The zero-order valence-electron chi connectivity index (χ0n) is 11.6. The van der Waals surface area contributed by atoms with Crippen LogP contribution < -0.4 is 10.6 Å². The van der Waals surface area contributed by atoms with Crippen LogP contribution in [0, 0.1) is 0 Å². The summed E-state index contributed by atoms with van der Waals surface area (Å²) < 4.78 is 1.13. The van der Waals surface area contributed by atoms with Gasteiger partial charge in [-0.05, 0) is 61.9 Å². The SMILES string of the molecule is S=C(NC(=S)N1CCCC1)SC(=S)NC(=S)N1CCCC1. The van der Waals surface area contributed by atoms with Gasteiger partial charge in [-0.1, -0.05) is 24.4 Å². The van der Waals surface area contributed by atoms with Gasteiger partial charge < -0.3 is 20.4 Å². The molecule has 0 aromatic heterocycles. The molecule has 0 atom stereocenters. The Labute approximate surface area is 151 Å². The lowest BCUT2D eigenvalue weighted by atomic mass is 10.4. The molecule has 0 bridgehead atoms. The van der Waals surface area contributed by atoms with Crippen LogP contribution in [-0.4, -0.2) is 54.8 Å². The van der Waals surface area contributed by atoms with E-state index in [2.05, 4.69) is 20.4 Å².